The third kappa shape index (κ3) is 1.50. The van der Waals surface area contributed by atoms with Gasteiger partial charge in [0.05, 0.1) is 5.60 Å². The van der Waals surface area contributed by atoms with Gasteiger partial charge < -0.3 is 5.11 Å². The van der Waals surface area contributed by atoms with Crippen LogP contribution >= 0.6 is 11.5 Å². The molecule has 0 spiro atoms. The maximum absolute atomic E-state index is 9.34. The van der Waals surface area contributed by atoms with Crippen LogP contribution in [0.25, 0.3) is 0 Å². The van der Waals surface area contributed by atoms with Gasteiger partial charge in [-0.05, 0) is 25.4 Å². The largest absolute Gasteiger partial charge is 0.386 e. The van der Waals surface area contributed by atoms with Crippen LogP contribution in [0.15, 0.2) is 11.6 Å². The van der Waals surface area contributed by atoms with Crippen LogP contribution in [0.3, 0.4) is 0 Å². The Hall–Kier alpha value is -0.410. The summed E-state index contributed by atoms with van der Waals surface area (Å²) >= 11 is 1.36. The van der Waals surface area contributed by atoms with Gasteiger partial charge in [0.25, 0.3) is 0 Å². The van der Waals surface area contributed by atoms with E-state index in [4.69, 9.17) is 0 Å². The van der Waals surface area contributed by atoms with Crippen molar-refractivity contribution < 1.29 is 5.11 Å². The predicted molar refractivity (Wildman–Crippen MR) is 37.4 cm³/mol. The molecule has 0 saturated carbocycles. The fraction of sp³-hybridized carbons (Fsp3) is 0.500. The number of nitrogens with zero attached hydrogens (tertiary/aromatic N) is 1. The van der Waals surface area contributed by atoms with Crippen LogP contribution in [-0.2, 0) is 5.60 Å². The smallest absolute Gasteiger partial charge is 0.0864 e. The molecule has 0 saturated heterocycles. The molecule has 0 fully saturated rings. The summed E-state index contributed by atoms with van der Waals surface area (Å²) in [4.78, 5) is 0. The van der Waals surface area contributed by atoms with E-state index in [2.05, 4.69) is 4.37 Å². The van der Waals surface area contributed by atoms with Crippen LogP contribution in [-0.4, -0.2) is 9.48 Å². The van der Waals surface area contributed by atoms with Crippen LogP contribution in [0.4, 0.5) is 0 Å². The van der Waals surface area contributed by atoms with Crippen molar-refractivity contribution in [3.63, 3.8) is 0 Å². The summed E-state index contributed by atoms with van der Waals surface area (Å²) in [6, 6.07) is 0. The molecule has 9 heavy (non-hydrogen) atoms. The summed E-state index contributed by atoms with van der Waals surface area (Å²) in [7, 11) is 0. The maximum atomic E-state index is 9.34. The van der Waals surface area contributed by atoms with Gasteiger partial charge in [-0.25, -0.2) is 4.37 Å². The van der Waals surface area contributed by atoms with Gasteiger partial charge in [-0.15, -0.1) is 0 Å². The lowest BCUT2D eigenvalue weighted by atomic mass is 10.0. The Kier molecular flexibility index (Phi) is 1.55. The normalized spacial score (nSPS) is 11.9. The monoisotopic (exact) mass is 143 g/mol. The van der Waals surface area contributed by atoms with E-state index in [-0.39, 0.29) is 0 Å². The minimum absolute atomic E-state index is 0.729. The second-order valence-corrected chi connectivity index (χ2v) is 3.13. The van der Waals surface area contributed by atoms with Crippen molar-refractivity contribution in [2.45, 2.75) is 19.4 Å². The van der Waals surface area contributed by atoms with E-state index < -0.39 is 5.60 Å². The predicted octanol–water partition coefficient (Wildman–Crippen LogP) is 1.37. The van der Waals surface area contributed by atoms with Gasteiger partial charge in [-0.1, -0.05) is 0 Å². The number of aliphatic hydroxyl groups is 1. The molecule has 1 heterocycles. The molecule has 0 aliphatic carbocycles. The fourth-order valence-corrected chi connectivity index (χ4v) is 1.21. The quantitative estimate of drug-likeness (QED) is 0.644. The first-order valence-corrected chi connectivity index (χ1v) is 3.56. The Morgan fingerprint density at radius 2 is 2.33 bits per heavy atom. The van der Waals surface area contributed by atoms with Gasteiger partial charge in [0.1, 0.15) is 0 Å². The molecule has 3 heteroatoms. The molecular weight excluding hydrogens is 134 g/mol. The summed E-state index contributed by atoms with van der Waals surface area (Å²) in [5.74, 6) is 0. The summed E-state index contributed by atoms with van der Waals surface area (Å²) in [6.07, 6.45) is 1.69. The van der Waals surface area contributed by atoms with Crippen LogP contribution < -0.4 is 0 Å². The van der Waals surface area contributed by atoms with E-state index in [0.29, 0.717) is 0 Å². The Morgan fingerprint density at radius 3 is 2.56 bits per heavy atom. The highest BCUT2D eigenvalue weighted by molar-refractivity contribution is 7.03. The minimum atomic E-state index is -0.729. The van der Waals surface area contributed by atoms with E-state index >= 15 is 0 Å². The van der Waals surface area contributed by atoms with Gasteiger partial charge >= 0.3 is 0 Å². The standard InChI is InChI=1S/C6H9NOS/c1-6(2,8)5-3-7-9-4-5/h3-4,8H,1-2H3. The van der Waals surface area contributed by atoms with Gasteiger partial charge in [0.15, 0.2) is 0 Å². The van der Waals surface area contributed by atoms with Crippen LogP contribution in [0, 0.1) is 0 Å². The van der Waals surface area contributed by atoms with E-state index in [0.717, 1.165) is 5.56 Å². The zero-order chi connectivity index (χ0) is 6.91. The molecule has 0 amide bonds. The Bertz CT molecular complexity index is 175. The summed E-state index contributed by atoms with van der Waals surface area (Å²) in [5, 5.41) is 11.2. The van der Waals surface area contributed by atoms with Crippen molar-refractivity contribution in [1.82, 2.24) is 4.37 Å². The highest BCUT2D eigenvalue weighted by Crippen LogP contribution is 2.19. The highest BCUT2D eigenvalue weighted by Gasteiger charge is 2.15. The highest BCUT2D eigenvalue weighted by atomic mass is 32.1. The molecule has 50 valence electrons. The lowest BCUT2D eigenvalue weighted by Crippen LogP contribution is -2.13. The number of rotatable bonds is 1. The third-order valence-corrected chi connectivity index (χ3v) is 1.73. The van der Waals surface area contributed by atoms with Gasteiger partial charge in [0.2, 0.25) is 0 Å². The van der Waals surface area contributed by atoms with Crippen molar-refractivity contribution in [2.75, 3.05) is 0 Å². The Labute approximate surface area is 58.3 Å². The molecule has 0 atom stereocenters. The van der Waals surface area contributed by atoms with Crippen molar-refractivity contribution in [1.29, 1.82) is 0 Å². The molecule has 2 nitrogen and oxygen atoms in total. The van der Waals surface area contributed by atoms with Crippen LogP contribution in [0.2, 0.25) is 0 Å². The number of aromatic nitrogens is 1. The molecule has 1 rings (SSSR count). The van der Waals surface area contributed by atoms with Crippen molar-refractivity contribution in [3.05, 3.63) is 17.1 Å². The van der Waals surface area contributed by atoms with E-state index in [1.165, 1.54) is 11.5 Å². The third-order valence-electron chi connectivity index (χ3n) is 1.14. The molecule has 0 aliphatic heterocycles. The van der Waals surface area contributed by atoms with Gasteiger partial charge in [-0.2, -0.15) is 0 Å². The first-order chi connectivity index (χ1) is 4.11. The molecule has 0 unspecified atom stereocenters. The van der Waals surface area contributed by atoms with Crippen LogP contribution in [0.1, 0.15) is 19.4 Å². The number of hydrogen-bond acceptors (Lipinski definition) is 3. The van der Waals surface area contributed by atoms with E-state index in [9.17, 15) is 5.11 Å². The summed E-state index contributed by atoms with van der Waals surface area (Å²) < 4.78 is 3.87. The summed E-state index contributed by atoms with van der Waals surface area (Å²) in [5.41, 5.74) is 0.153. The average molecular weight is 143 g/mol. The second-order valence-electron chi connectivity index (χ2n) is 2.47. The van der Waals surface area contributed by atoms with Crippen LogP contribution in [0.5, 0.6) is 0 Å². The Balaban J connectivity index is 2.90. The van der Waals surface area contributed by atoms with Gasteiger partial charge in [0, 0.05) is 17.1 Å². The Morgan fingerprint density at radius 1 is 1.67 bits per heavy atom. The molecule has 0 aliphatic rings. The topological polar surface area (TPSA) is 33.1 Å². The van der Waals surface area contributed by atoms with Gasteiger partial charge in [-0.3, -0.25) is 0 Å². The molecule has 0 aromatic carbocycles. The van der Waals surface area contributed by atoms with E-state index in [1.54, 1.807) is 20.0 Å². The zero-order valence-electron chi connectivity index (χ0n) is 5.46. The summed E-state index contributed by atoms with van der Waals surface area (Å²) in [6.45, 7) is 3.49. The van der Waals surface area contributed by atoms with Crippen molar-refractivity contribution in [3.8, 4) is 0 Å². The molecular formula is C6H9NOS. The van der Waals surface area contributed by atoms with Crippen molar-refractivity contribution in [2.24, 2.45) is 0 Å². The molecule has 0 radical (unpaired) electrons. The lowest BCUT2D eigenvalue weighted by Gasteiger charge is -2.13. The molecule has 1 aromatic heterocycles. The SMILES string of the molecule is CC(C)(O)c1cnsc1. The lowest BCUT2D eigenvalue weighted by molar-refractivity contribution is 0.0788. The minimum Gasteiger partial charge on any atom is -0.386 e. The zero-order valence-corrected chi connectivity index (χ0v) is 6.27. The second kappa shape index (κ2) is 2.08. The first-order valence-electron chi connectivity index (χ1n) is 2.73. The molecule has 0 bridgehead atoms. The fourth-order valence-electron chi connectivity index (χ4n) is 0.507. The molecule has 1 aromatic rings. The first kappa shape index (κ1) is 6.71. The average Bonchev–Trinajstić information content (AvgIpc) is 2.08. The van der Waals surface area contributed by atoms with Crippen molar-refractivity contribution >= 4 is 11.5 Å². The van der Waals surface area contributed by atoms with E-state index in [1.807, 2.05) is 5.38 Å². The number of hydrogen-bond donors (Lipinski definition) is 1. The maximum Gasteiger partial charge on any atom is 0.0864 e. The molecule has 1 N–H and O–H groups in total.